The molecule has 3 aromatic rings. The van der Waals surface area contributed by atoms with E-state index in [1.54, 1.807) is 42.5 Å². The molecular formula is C30H36ClN3O4S. The van der Waals surface area contributed by atoms with E-state index in [2.05, 4.69) is 5.32 Å². The van der Waals surface area contributed by atoms with Crippen molar-refractivity contribution in [2.45, 2.75) is 39.8 Å². The molecule has 0 fully saturated rings. The van der Waals surface area contributed by atoms with Gasteiger partial charge in [0.15, 0.2) is 0 Å². The smallest absolute Gasteiger partial charge is 0.244 e. The number of hydrogen-bond donors (Lipinski definition) is 1. The van der Waals surface area contributed by atoms with Gasteiger partial charge in [-0.3, -0.25) is 13.9 Å². The highest BCUT2D eigenvalue weighted by Crippen LogP contribution is 2.21. The molecule has 39 heavy (non-hydrogen) atoms. The van der Waals surface area contributed by atoms with Crippen LogP contribution in [0.25, 0.3) is 0 Å². The van der Waals surface area contributed by atoms with Crippen molar-refractivity contribution in [1.82, 2.24) is 10.2 Å². The monoisotopic (exact) mass is 569 g/mol. The Balaban J connectivity index is 2.04. The number of hydrogen-bond acceptors (Lipinski definition) is 4. The second-order valence-electron chi connectivity index (χ2n) is 10.1. The standard InChI is InChI=1S/C30H36ClN3O4S/c1-22(2)19-32-30(36)28(18-24-9-6-5-7-10-24)33(20-25-11-8-12-26(31)17-25)29(35)21-34(39(4,37)38)27-15-13-23(3)14-16-27/h5-17,22,28H,18-21H2,1-4H3,(H,32,36)/t28-/m1/s1. The van der Waals surface area contributed by atoms with Crippen LogP contribution in [-0.4, -0.2) is 50.5 Å². The van der Waals surface area contributed by atoms with Crippen molar-refractivity contribution in [3.63, 3.8) is 0 Å². The van der Waals surface area contributed by atoms with Crippen LogP contribution in [0.2, 0.25) is 5.02 Å². The van der Waals surface area contributed by atoms with Crippen molar-refractivity contribution >= 4 is 39.1 Å². The number of benzene rings is 3. The predicted octanol–water partition coefficient (Wildman–Crippen LogP) is 4.83. The van der Waals surface area contributed by atoms with Gasteiger partial charge in [-0.15, -0.1) is 0 Å². The van der Waals surface area contributed by atoms with Crippen molar-refractivity contribution in [3.05, 3.63) is 101 Å². The Bertz CT molecular complexity index is 1360. The summed E-state index contributed by atoms with van der Waals surface area (Å²) in [5, 5.41) is 3.47. The van der Waals surface area contributed by atoms with Gasteiger partial charge in [0.25, 0.3) is 0 Å². The summed E-state index contributed by atoms with van der Waals surface area (Å²) in [6, 6.07) is 22.6. The Morgan fingerprint density at radius 1 is 0.923 bits per heavy atom. The van der Waals surface area contributed by atoms with E-state index in [0.717, 1.165) is 27.3 Å². The number of halogens is 1. The Labute approximate surface area is 236 Å². The van der Waals surface area contributed by atoms with Gasteiger partial charge in [0.2, 0.25) is 21.8 Å². The molecule has 1 N–H and O–H groups in total. The van der Waals surface area contributed by atoms with Crippen LogP contribution in [-0.2, 0) is 32.6 Å². The number of amides is 2. The summed E-state index contributed by atoms with van der Waals surface area (Å²) in [6.07, 6.45) is 1.33. The van der Waals surface area contributed by atoms with Gasteiger partial charge in [0.05, 0.1) is 11.9 Å². The van der Waals surface area contributed by atoms with E-state index in [1.165, 1.54) is 4.90 Å². The highest BCUT2D eigenvalue weighted by Gasteiger charge is 2.33. The summed E-state index contributed by atoms with van der Waals surface area (Å²) in [6.45, 7) is 5.96. The second-order valence-corrected chi connectivity index (χ2v) is 12.4. The van der Waals surface area contributed by atoms with Gasteiger partial charge >= 0.3 is 0 Å². The molecule has 2 amide bonds. The average Bonchev–Trinajstić information content (AvgIpc) is 2.88. The second kappa shape index (κ2) is 13.6. The molecule has 3 rings (SSSR count). The van der Waals surface area contributed by atoms with Crippen molar-refractivity contribution in [2.24, 2.45) is 5.92 Å². The lowest BCUT2D eigenvalue weighted by atomic mass is 10.0. The zero-order valence-electron chi connectivity index (χ0n) is 22.8. The lowest BCUT2D eigenvalue weighted by Gasteiger charge is -2.33. The summed E-state index contributed by atoms with van der Waals surface area (Å²) in [7, 11) is -3.80. The number of aryl methyl sites for hydroxylation is 1. The number of carbonyl (C=O) groups excluding carboxylic acids is 2. The maximum absolute atomic E-state index is 14.0. The molecule has 0 saturated carbocycles. The number of nitrogens with one attached hydrogen (secondary N) is 1. The van der Waals surface area contributed by atoms with E-state index in [0.29, 0.717) is 17.3 Å². The fourth-order valence-electron chi connectivity index (χ4n) is 4.13. The molecular weight excluding hydrogens is 534 g/mol. The maximum Gasteiger partial charge on any atom is 0.244 e. The molecule has 0 unspecified atom stereocenters. The molecule has 0 radical (unpaired) electrons. The van der Waals surface area contributed by atoms with Crippen molar-refractivity contribution < 1.29 is 18.0 Å². The number of nitrogens with zero attached hydrogens (tertiary/aromatic N) is 2. The Kier molecular flexibility index (Phi) is 10.5. The zero-order valence-corrected chi connectivity index (χ0v) is 24.4. The van der Waals surface area contributed by atoms with Crippen LogP contribution in [0.4, 0.5) is 5.69 Å². The molecule has 208 valence electrons. The van der Waals surface area contributed by atoms with Crippen LogP contribution in [0.5, 0.6) is 0 Å². The molecule has 0 aliphatic carbocycles. The summed E-state index contributed by atoms with van der Waals surface area (Å²) >= 11 is 6.23. The lowest BCUT2D eigenvalue weighted by molar-refractivity contribution is -0.140. The highest BCUT2D eigenvalue weighted by atomic mass is 35.5. The third-order valence-electron chi connectivity index (χ3n) is 6.20. The van der Waals surface area contributed by atoms with Crippen molar-refractivity contribution in [2.75, 3.05) is 23.7 Å². The first kappa shape index (κ1) is 30.2. The average molecular weight is 570 g/mol. The number of rotatable bonds is 12. The van der Waals surface area contributed by atoms with E-state index >= 15 is 0 Å². The lowest BCUT2D eigenvalue weighted by Crippen LogP contribution is -2.53. The summed E-state index contributed by atoms with van der Waals surface area (Å²) in [5.41, 5.74) is 2.95. The van der Waals surface area contributed by atoms with E-state index in [9.17, 15) is 18.0 Å². The molecule has 0 aromatic heterocycles. The summed E-state index contributed by atoms with van der Waals surface area (Å²) in [4.78, 5) is 29.1. The molecule has 0 saturated heterocycles. The first-order valence-corrected chi connectivity index (χ1v) is 15.1. The molecule has 0 bridgehead atoms. The highest BCUT2D eigenvalue weighted by molar-refractivity contribution is 7.92. The molecule has 0 spiro atoms. The van der Waals surface area contributed by atoms with Gasteiger partial charge < -0.3 is 10.2 Å². The molecule has 9 heteroatoms. The van der Waals surface area contributed by atoms with E-state index in [4.69, 9.17) is 11.6 Å². The first-order valence-electron chi connectivity index (χ1n) is 12.8. The van der Waals surface area contributed by atoms with Gasteiger partial charge in [0.1, 0.15) is 12.6 Å². The first-order chi connectivity index (χ1) is 18.4. The predicted molar refractivity (Wildman–Crippen MR) is 157 cm³/mol. The van der Waals surface area contributed by atoms with Crippen molar-refractivity contribution in [3.8, 4) is 0 Å². The minimum atomic E-state index is -3.80. The molecule has 0 aliphatic heterocycles. The van der Waals surface area contributed by atoms with Gasteiger partial charge in [-0.05, 0) is 48.2 Å². The van der Waals surface area contributed by atoms with E-state index in [1.807, 2.05) is 57.2 Å². The van der Waals surface area contributed by atoms with Crippen LogP contribution in [0.3, 0.4) is 0 Å². The van der Waals surface area contributed by atoms with Crippen LogP contribution >= 0.6 is 11.6 Å². The van der Waals surface area contributed by atoms with Gasteiger partial charge in [-0.1, -0.05) is 85.6 Å². The van der Waals surface area contributed by atoms with Crippen LogP contribution in [0.1, 0.15) is 30.5 Å². The zero-order chi connectivity index (χ0) is 28.6. The van der Waals surface area contributed by atoms with Gasteiger partial charge in [-0.2, -0.15) is 0 Å². The fourth-order valence-corrected chi connectivity index (χ4v) is 5.20. The molecule has 1 atom stereocenters. The number of carbonyl (C=O) groups is 2. The molecule has 0 aliphatic rings. The quantitative estimate of drug-likeness (QED) is 0.338. The van der Waals surface area contributed by atoms with Crippen LogP contribution < -0.4 is 9.62 Å². The summed E-state index contributed by atoms with van der Waals surface area (Å²) < 4.78 is 26.7. The van der Waals surface area contributed by atoms with Gasteiger partial charge in [0, 0.05) is 24.5 Å². The fraction of sp³-hybridized carbons (Fsp3) is 0.333. The summed E-state index contributed by atoms with van der Waals surface area (Å²) in [5.74, 6) is -0.587. The normalized spacial score (nSPS) is 12.2. The maximum atomic E-state index is 14.0. The van der Waals surface area contributed by atoms with Gasteiger partial charge in [-0.25, -0.2) is 8.42 Å². The Morgan fingerprint density at radius 3 is 2.15 bits per heavy atom. The van der Waals surface area contributed by atoms with E-state index < -0.39 is 28.5 Å². The Morgan fingerprint density at radius 2 is 1.56 bits per heavy atom. The van der Waals surface area contributed by atoms with Crippen molar-refractivity contribution in [1.29, 1.82) is 0 Å². The topological polar surface area (TPSA) is 86.8 Å². The molecule has 3 aromatic carbocycles. The largest absolute Gasteiger partial charge is 0.354 e. The van der Waals surface area contributed by atoms with E-state index in [-0.39, 0.29) is 24.8 Å². The number of anilines is 1. The SMILES string of the molecule is Cc1ccc(N(CC(=O)N(Cc2cccc(Cl)c2)[C@H](Cc2ccccc2)C(=O)NCC(C)C)S(C)(=O)=O)cc1. The number of sulfonamides is 1. The minimum absolute atomic E-state index is 0.0808. The third-order valence-corrected chi connectivity index (χ3v) is 7.57. The molecule has 7 nitrogen and oxygen atoms in total. The van der Waals surface area contributed by atoms with Crippen LogP contribution in [0.15, 0.2) is 78.9 Å². The van der Waals surface area contributed by atoms with Crippen LogP contribution in [0, 0.1) is 12.8 Å². The molecule has 0 heterocycles. The third kappa shape index (κ3) is 9.11. The Hall–Kier alpha value is -3.36. The minimum Gasteiger partial charge on any atom is -0.354 e.